The van der Waals surface area contributed by atoms with Gasteiger partial charge in [-0.05, 0) is 5.56 Å². The molecular formula is C10H12F2N2O3. The number of alkyl halides is 2. The monoisotopic (exact) mass is 246 g/mol. The molecule has 0 aliphatic carbocycles. The summed E-state index contributed by atoms with van der Waals surface area (Å²) in [6.07, 6.45) is -3.22. The van der Waals surface area contributed by atoms with Gasteiger partial charge in [0.2, 0.25) is 5.88 Å². The van der Waals surface area contributed by atoms with Gasteiger partial charge < -0.3 is 15.6 Å². The number of nitrogens with two attached hydrogens (primary N) is 1. The fourth-order valence-corrected chi connectivity index (χ4v) is 1.44. The lowest BCUT2D eigenvalue weighted by Crippen LogP contribution is -2.13. The van der Waals surface area contributed by atoms with Gasteiger partial charge in [-0.3, -0.25) is 4.79 Å². The van der Waals surface area contributed by atoms with E-state index in [2.05, 4.69) is 4.98 Å². The minimum atomic E-state index is -2.75. The summed E-state index contributed by atoms with van der Waals surface area (Å²) in [5.74, 6) is -1.21. The van der Waals surface area contributed by atoms with E-state index >= 15 is 0 Å². The molecule has 0 bridgehead atoms. The van der Waals surface area contributed by atoms with E-state index in [-0.39, 0.29) is 29.2 Å². The van der Waals surface area contributed by atoms with Crippen LogP contribution in [0.3, 0.4) is 0 Å². The molecule has 17 heavy (non-hydrogen) atoms. The molecule has 0 saturated carbocycles. The zero-order chi connectivity index (χ0) is 13.0. The van der Waals surface area contributed by atoms with Crippen molar-refractivity contribution in [1.82, 2.24) is 4.98 Å². The van der Waals surface area contributed by atoms with E-state index in [9.17, 15) is 13.6 Å². The second-order valence-electron chi connectivity index (χ2n) is 3.25. The SMILES string of the molecule is COc1cc(C(F)F)c(CN)c(CC(=O)O)n1. The Morgan fingerprint density at radius 1 is 1.65 bits per heavy atom. The van der Waals surface area contributed by atoms with Crippen LogP contribution in [0.25, 0.3) is 0 Å². The number of methoxy groups -OCH3 is 1. The van der Waals surface area contributed by atoms with Crippen molar-refractivity contribution in [3.63, 3.8) is 0 Å². The highest BCUT2D eigenvalue weighted by atomic mass is 19.3. The molecule has 0 radical (unpaired) electrons. The molecule has 0 aromatic carbocycles. The second kappa shape index (κ2) is 5.53. The predicted molar refractivity (Wildman–Crippen MR) is 55.0 cm³/mol. The van der Waals surface area contributed by atoms with E-state index in [1.807, 2.05) is 0 Å². The van der Waals surface area contributed by atoms with Crippen LogP contribution in [0.1, 0.15) is 23.2 Å². The van der Waals surface area contributed by atoms with E-state index in [0.29, 0.717) is 0 Å². The van der Waals surface area contributed by atoms with E-state index in [1.54, 1.807) is 0 Å². The highest BCUT2D eigenvalue weighted by molar-refractivity contribution is 5.70. The summed E-state index contributed by atoms with van der Waals surface area (Å²) in [5.41, 5.74) is 5.08. The molecule has 0 unspecified atom stereocenters. The summed E-state index contributed by atoms with van der Waals surface area (Å²) >= 11 is 0. The Morgan fingerprint density at radius 2 is 2.29 bits per heavy atom. The van der Waals surface area contributed by atoms with Gasteiger partial charge in [-0.1, -0.05) is 0 Å². The molecule has 3 N–H and O–H groups in total. The number of nitrogens with zero attached hydrogens (tertiary/aromatic N) is 1. The third kappa shape index (κ3) is 3.10. The van der Waals surface area contributed by atoms with Gasteiger partial charge in [-0.2, -0.15) is 0 Å². The van der Waals surface area contributed by atoms with Crippen LogP contribution in [-0.2, 0) is 17.8 Å². The Balaban J connectivity index is 3.33. The normalized spacial score (nSPS) is 10.6. The molecule has 0 aliphatic heterocycles. The molecule has 0 spiro atoms. The minimum Gasteiger partial charge on any atom is -0.481 e. The highest BCUT2D eigenvalue weighted by Crippen LogP contribution is 2.28. The second-order valence-corrected chi connectivity index (χ2v) is 3.25. The first-order valence-electron chi connectivity index (χ1n) is 4.76. The Hall–Kier alpha value is -1.76. The lowest BCUT2D eigenvalue weighted by Gasteiger charge is -2.13. The van der Waals surface area contributed by atoms with Crippen LogP contribution in [0.15, 0.2) is 6.07 Å². The van der Waals surface area contributed by atoms with Crippen LogP contribution < -0.4 is 10.5 Å². The Morgan fingerprint density at radius 3 is 2.71 bits per heavy atom. The Kier molecular flexibility index (Phi) is 4.33. The van der Waals surface area contributed by atoms with Crippen molar-refractivity contribution >= 4 is 5.97 Å². The van der Waals surface area contributed by atoms with E-state index in [0.717, 1.165) is 6.07 Å². The molecule has 0 amide bonds. The smallest absolute Gasteiger partial charge is 0.309 e. The van der Waals surface area contributed by atoms with Crippen molar-refractivity contribution in [1.29, 1.82) is 0 Å². The molecule has 0 fully saturated rings. The van der Waals surface area contributed by atoms with Crippen LogP contribution in [0.4, 0.5) is 8.78 Å². The number of hydrogen-bond acceptors (Lipinski definition) is 4. The molecule has 5 nitrogen and oxygen atoms in total. The number of carboxylic acids is 1. The van der Waals surface area contributed by atoms with Gasteiger partial charge in [0.05, 0.1) is 19.2 Å². The van der Waals surface area contributed by atoms with Crippen LogP contribution in [0, 0.1) is 0 Å². The maximum Gasteiger partial charge on any atom is 0.309 e. The summed E-state index contributed by atoms with van der Waals surface area (Å²) in [7, 11) is 1.27. The van der Waals surface area contributed by atoms with Gasteiger partial charge in [0, 0.05) is 18.2 Å². The Labute approximate surface area is 96.2 Å². The van der Waals surface area contributed by atoms with Crippen molar-refractivity contribution in [3.05, 3.63) is 22.9 Å². The highest BCUT2D eigenvalue weighted by Gasteiger charge is 2.20. The molecule has 0 saturated heterocycles. The molecule has 0 aliphatic rings. The Bertz CT molecular complexity index is 424. The van der Waals surface area contributed by atoms with Crippen LogP contribution >= 0.6 is 0 Å². The third-order valence-electron chi connectivity index (χ3n) is 2.19. The van der Waals surface area contributed by atoms with Crippen molar-refractivity contribution in [3.8, 4) is 5.88 Å². The number of ether oxygens (including phenoxy) is 1. The first-order valence-corrected chi connectivity index (χ1v) is 4.76. The number of pyridine rings is 1. The average Bonchev–Trinajstić information content (AvgIpc) is 2.26. The quantitative estimate of drug-likeness (QED) is 0.812. The van der Waals surface area contributed by atoms with E-state index in [1.165, 1.54) is 7.11 Å². The van der Waals surface area contributed by atoms with Crippen LogP contribution in [0.2, 0.25) is 0 Å². The molecule has 1 aromatic heterocycles. The van der Waals surface area contributed by atoms with E-state index in [4.69, 9.17) is 15.6 Å². The predicted octanol–water partition coefficient (Wildman–Crippen LogP) is 1.11. The van der Waals surface area contributed by atoms with Crippen molar-refractivity contribution < 1.29 is 23.4 Å². The van der Waals surface area contributed by atoms with Gasteiger partial charge in [-0.25, -0.2) is 13.8 Å². The molecule has 0 atom stereocenters. The summed E-state index contributed by atoms with van der Waals surface area (Å²) < 4.78 is 30.3. The zero-order valence-electron chi connectivity index (χ0n) is 9.11. The third-order valence-corrected chi connectivity index (χ3v) is 2.19. The molecule has 7 heteroatoms. The standard InChI is InChI=1S/C10H12F2N2O3/c1-17-8-2-5(10(11)12)6(4-13)7(14-8)3-9(15)16/h2,10H,3-4,13H2,1H3,(H,15,16). The van der Waals surface area contributed by atoms with Gasteiger partial charge in [0.1, 0.15) is 0 Å². The summed E-state index contributed by atoms with van der Waals surface area (Å²) in [4.78, 5) is 14.4. The van der Waals surface area contributed by atoms with Crippen molar-refractivity contribution in [2.24, 2.45) is 5.73 Å². The first kappa shape index (κ1) is 13.3. The topological polar surface area (TPSA) is 85.4 Å². The lowest BCUT2D eigenvalue weighted by atomic mass is 10.0. The summed E-state index contributed by atoms with van der Waals surface area (Å²) in [5, 5.41) is 8.67. The van der Waals surface area contributed by atoms with Crippen LogP contribution in [0.5, 0.6) is 5.88 Å². The van der Waals surface area contributed by atoms with Gasteiger partial charge in [-0.15, -0.1) is 0 Å². The zero-order valence-corrected chi connectivity index (χ0v) is 9.11. The van der Waals surface area contributed by atoms with E-state index < -0.39 is 18.8 Å². The maximum absolute atomic E-state index is 12.8. The molecule has 1 rings (SSSR count). The number of hydrogen-bond donors (Lipinski definition) is 2. The minimum absolute atomic E-state index is 0.00894. The first-order chi connectivity index (χ1) is 7.99. The number of aliphatic carboxylic acids is 1. The number of rotatable bonds is 5. The largest absolute Gasteiger partial charge is 0.481 e. The van der Waals surface area contributed by atoms with Crippen molar-refractivity contribution in [2.45, 2.75) is 19.4 Å². The molecular weight excluding hydrogens is 234 g/mol. The van der Waals surface area contributed by atoms with Gasteiger partial charge in [0.15, 0.2) is 0 Å². The lowest BCUT2D eigenvalue weighted by molar-refractivity contribution is -0.136. The van der Waals surface area contributed by atoms with Crippen LogP contribution in [-0.4, -0.2) is 23.2 Å². The number of halogens is 2. The van der Waals surface area contributed by atoms with Gasteiger partial charge >= 0.3 is 5.97 Å². The fraction of sp³-hybridized carbons (Fsp3) is 0.400. The average molecular weight is 246 g/mol. The fourth-order valence-electron chi connectivity index (χ4n) is 1.44. The number of carboxylic acid groups (broad SMARTS) is 1. The molecule has 1 aromatic rings. The summed E-state index contributed by atoms with van der Waals surface area (Å²) in [6, 6.07) is 1.07. The number of aromatic nitrogens is 1. The van der Waals surface area contributed by atoms with Crippen molar-refractivity contribution in [2.75, 3.05) is 7.11 Å². The molecule has 1 heterocycles. The summed E-state index contributed by atoms with van der Waals surface area (Å²) in [6.45, 7) is -0.195. The van der Waals surface area contributed by atoms with Gasteiger partial charge in [0.25, 0.3) is 6.43 Å². The maximum atomic E-state index is 12.8. The molecule has 94 valence electrons. The number of carbonyl (C=O) groups is 1.